The topological polar surface area (TPSA) is 387 Å². The number of phenols is 1. The molecule has 3 aromatic carbocycles. The molecule has 0 unspecified atom stereocenters. The lowest BCUT2D eigenvalue weighted by molar-refractivity contribution is -0.135. The van der Waals surface area contributed by atoms with E-state index in [4.69, 9.17) is 28.7 Å². The molecule has 0 saturated heterocycles. The molecule has 22 heteroatoms. The zero-order valence-corrected chi connectivity index (χ0v) is 37.0. The molecule has 0 aliphatic heterocycles. The van der Waals surface area contributed by atoms with Gasteiger partial charge in [-0.3, -0.25) is 43.3 Å². The van der Waals surface area contributed by atoms with Gasteiger partial charge in [-0.25, -0.2) is 0 Å². The largest absolute Gasteiger partial charge is 0.508 e. The first-order chi connectivity index (χ1) is 31.9. The van der Waals surface area contributed by atoms with Crippen molar-refractivity contribution in [3.8, 4) is 5.75 Å². The van der Waals surface area contributed by atoms with E-state index in [0.29, 0.717) is 16.7 Å². The fraction of sp³-hybridized carbons (Fsp3) is 0.356. The second-order valence-electron chi connectivity index (χ2n) is 15.9. The molecule has 0 radical (unpaired) electrons. The summed E-state index contributed by atoms with van der Waals surface area (Å²) in [4.78, 5) is 114. The van der Waals surface area contributed by atoms with Crippen LogP contribution in [0.2, 0.25) is 0 Å². The molecule has 4 rings (SSSR count). The Hall–Kier alpha value is -8.01. The lowest BCUT2D eigenvalue weighted by Gasteiger charge is -2.27. The number of carbonyl (C=O) groups is 8. The summed E-state index contributed by atoms with van der Waals surface area (Å²) >= 11 is 0. The highest BCUT2D eigenvalue weighted by Gasteiger charge is 2.33. The number of hydrogen-bond donors (Lipinski definition) is 13. The molecule has 4 aromatic rings. The number of guanidine groups is 1. The van der Waals surface area contributed by atoms with Crippen molar-refractivity contribution in [2.24, 2.45) is 33.7 Å². The van der Waals surface area contributed by atoms with Crippen molar-refractivity contribution in [3.63, 3.8) is 0 Å². The summed E-state index contributed by atoms with van der Waals surface area (Å²) in [6.45, 7) is 0.943. The van der Waals surface area contributed by atoms with Gasteiger partial charge in [0.2, 0.25) is 47.3 Å². The summed E-state index contributed by atoms with van der Waals surface area (Å²) < 4.78 is 0. The van der Waals surface area contributed by atoms with Crippen molar-refractivity contribution in [3.05, 3.63) is 102 Å². The number of amides is 8. The van der Waals surface area contributed by atoms with E-state index in [9.17, 15) is 43.5 Å². The Morgan fingerprint density at radius 3 is 1.67 bits per heavy atom. The van der Waals surface area contributed by atoms with Crippen molar-refractivity contribution in [2.45, 2.75) is 88.1 Å². The minimum atomic E-state index is -1.42. The highest BCUT2D eigenvalue weighted by atomic mass is 16.3. The van der Waals surface area contributed by atoms with Crippen LogP contribution >= 0.6 is 0 Å². The number of para-hydroxylation sites is 1. The number of hydrogen-bond acceptors (Lipinski definition) is 11. The first kappa shape index (κ1) is 51.6. The van der Waals surface area contributed by atoms with Gasteiger partial charge in [0, 0.05) is 49.3 Å². The number of H-pyrrole nitrogens is 1. The Labute approximate surface area is 386 Å². The number of rotatable bonds is 26. The van der Waals surface area contributed by atoms with Crippen molar-refractivity contribution in [1.29, 1.82) is 0 Å². The van der Waals surface area contributed by atoms with Crippen LogP contribution in [-0.4, -0.2) is 113 Å². The number of fused-ring (bicyclic) bond motifs is 1. The zero-order chi connectivity index (χ0) is 49.0. The number of nitrogens with zero attached hydrogens (tertiary/aromatic N) is 1. The molecule has 18 N–H and O–H groups in total. The van der Waals surface area contributed by atoms with Crippen LogP contribution in [0.1, 0.15) is 49.3 Å². The van der Waals surface area contributed by atoms with Gasteiger partial charge in [0.25, 0.3) is 0 Å². The summed E-state index contributed by atoms with van der Waals surface area (Å²) in [6.07, 6.45) is 0.965. The molecule has 0 fully saturated rings. The molecular weight excluding hydrogens is 867 g/mol. The predicted octanol–water partition coefficient (Wildman–Crippen LogP) is -2.41. The highest BCUT2D eigenvalue weighted by molar-refractivity contribution is 5.97. The van der Waals surface area contributed by atoms with Crippen LogP contribution in [0.3, 0.4) is 0 Å². The fourth-order valence-corrected chi connectivity index (χ4v) is 6.88. The molecule has 6 atom stereocenters. The number of aliphatic imine (C=N–C) groups is 1. The molecule has 0 bridgehead atoms. The van der Waals surface area contributed by atoms with Crippen molar-refractivity contribution < 1.29 is 43.5 Å². The van der Waals surface area contributed by atoms with Gasteiger partial charge in [0.1, 0.15) is 36.0 Å². The summed E-state index contributed by atoms with van der Waals surface area (Å²) in [5.41, 5.74) is 29.9. The minimum absolute atomic E-state index is 0.0336. The van der Waals surface area contributed by atoms with Gasteiger partial charge in [-0.2, -0.15) is 0 Å². The van der Waals surface area contributed by atoms with E-state index >= 15 is 0 Å². The lowest BCUT2D eigenvalue weighted by Crippen LogP contribution is -2.60. The zero-order valence-electron chi connectivity index (χ0n) is 37.0. The normalized spacial score (nSPS) is 13.6. The Balaban J connectivity index is 1.67. The maximum absolute atomic E-state index is 14.5. The van der Waals surface area contributed by atoms with E-state index < -0.39 is 90.1 Å². The van der Waals surface area contributed by atoms with E-state index in [2.05, 4.69) is 41.9 Å². The third-order valence-electron chi connectivity index (χ3n) is 10.4. The van der Waals surface area contributed by atoms with Crippen LogP contribution in [0, 0.1) is 0 Å². The molecule has 0 spiro atoms. The van der Waals surface area contributed by atoms with Gasteiger partial charge in [0.05, 0.1) is 12.6 Å². The maximum Gasteiger partial charge on any atom is 0.243 e. The Bertz CT molecular complexity index is 2390. The number of phenolic OH excluding ortho intramolecular Hbond substituents is 1. The van der Waals surface area contributed by atoms with Gasteiger partial charge in [0.15, 0.2) is 5.96 Å². The van der Waals surface area contributed by atoms with E-state index in [1.807, 2.05) is 24.3 Å². The van der Waals surface area contributed by atoms with Gasteiger partial charge in [-0.15, -0.1) is 0 Å². The highest BCUT2D eigenvalue weighted by Crippen LogP contribution is 2.20. The first-order valence-corrected chi connectivity index (χ1v) is 21.4. The molecule has 67 heavy (non-hydrogen) atoms. The third-order valence-corrected chi connectivity index (χ3v) is 10.4. The van der Waals surface area contributed by atoms with Gasteiger partial charge in [-0.05, 0) is 61.1 Å². The Kier molecular flexibility index (Phi) is 19.6. The van der Waals surface area contributed by atoms with Crippen LogP contribution in [0.25, 0.3) is 10.9 Å². The summed E-state index contributed by atoms with van der Waals surface area (Å²) in [7, 11) is 0. The number of nitrogens with two attached hydrogens (primary N) is 5. The average Bonchev–Trinajstić information content (AvgIpc) is 3.70. The van der Waals surface area contributed by atoms with Gasteiger partial charge < -0.3 is 70.7 Å². The van der Waals surface area contributed by atoms with Crippen molar-refractivity contribution in [2.75, 3.05) is 13.1 Å². The van der Waals surface area contributed by atoms with E-state index in [-0.39, 0.29) is 63.2 Å². The number of aromatic nitrogens is 1. The number of aromatic hydroxyl groups is 1. The SMILES string of the molecule is C[C@@H](N)C(=O)N[C@@H](CCC(N)=O)C(=O)N[C@@H](Cc1ccc(O)cc1)C(=O)N[C@@H](Cc1ccccc1)C(=O)N[C@@H](CCCN=C(N)N)C(=O)N[C@@H](Cc1c[nH]c2ccccc12)C(=O)NCC(N)=O. The minimum Gasteiger partial charge on any atom is -0.508 e. The monoisotopic (exact) mass is 925 g/mol. The number of nitrogens with one attached hydrogen (secondary N) is 7. The molecule has 358 valence electrons. The summed E-state index contributed by atoms with van der Waals surface area (Å²) in [5, 5.41) is 26.4. The predicted molar refractivity (Wildman–Crippen MR) is 248 cm³/mol. The number of primary amides is 2. The Morgan fingerprint density at radius 1 is 0.597 bits per heavy atom. The Morgan fingerprint density at radius 2 is 1.10 bits per heavy atom. The van der Waals surface area contributed by atoms with Crippen molar-refractivity contribution in [1.82, 2.24) is 36.9 Å². The van der Waals surface area contributed by atoms with Gasteiger partial charge in [-0.1, -0.05) is 60.7 Å². The molecule has 1 aromatic heterocycles. The van der Waals surface area contributed by atoms with E-state index in [0.717, 1.165) is 10.9 Å². The van der Waals surface area contributed by atoms with Crippen LogP contribution in [0.4, 0.5) is 0 Å². The molecule has 0 aliphatic carbocycles. The van der Waals surface area contributed by atoms with Crippen LogP contribution in [0.5, 0.6) is 5.75 Å². The summed E-state index contributed by atoms with van der Waals surface area (Å²) in [5.74, 6) is -6.62. The summed E-state index contributed by atoms with van der Waals surface area (Å²) in [6, 6.07) is 13.9. The quantitative estimate of drug-likeness (QED) is 0.0178. The molecule has 22 nitrogen and oxygen atoms in total. The number of benzene rings is 3. The average molecular weight is 926 g/mol. The van der Waals surface area contributed by atoms with Gasteiger partial charge >= 0.3 is 0 Å². The van der Waals surface area contributed by atoms with E-state index in [1.165, 1.54) is 31.2 Å². The van der Waals surface area contributed by atoms with Crippen LogP contribution in [0.15, 0.2) is 90.1 Å². The molecule has 1 heterocycles. The number of aromatic amines is 1. The molecule has 8 amide bonds. The van der Waals surface area contributed by atoms with Crippen molar-refractivity contribution >= 4 is 64.1 Å². The molecule has 0 aliphatic rings. The number of carbonyl (C=O) groups excluding carboxylic acids is 8. The second-order valence-corrected chi connectivity index (χ2v) is 15.9. The van der Waals surface area contributed by atoms with Crippen LogP contribution < -0.4 is 60.6 Å². The third kappa shape index (κ3) is 17.1. The second kappa shape index (κ2) is 25.5. The molecular formula is C45H59N13O9. The first-order valence-electron chi connectivity index (χ1n) is 21.4. The maximum atomic E-state index is 14.5. The standard InChI is InChI=1S/C45H59N13O9/c1-25(46)39(62)54-33(17-18-37(47)60)42(65)56-35(21-27-13-15-29(59)16-14-27)44(67)57-34(20-26-8-3-2-4-9-26)43(66)55-32(12-7-19-51-45(49)50)41(64)58-36(40(63)53-24-38(48)61)22-28-23-52-31-11-6-5-10-30(28)31/h2-6,8-11,13-16,23,25,32-36,52,59H,7,12,17-22,24,46H2,1H3,(H2,47,60)(H2,48,61)(H,53,63)(H,54,62)(H,55,66)(H,56,65)(H,57,67)(H,58,64)(H4,49,50,51)/t25-,32+,33+,34+,35+,36+/m1/s1. The fourth-order valence-electron chi connectivity index (χ4n) is 6.88. The van der Waals surface area contributed by atoms with Crippen LogP contribution in [-0.2, 0) is 57.6 Å². The molecule has 0 saturated carbocycles. The smallest absolute Gasteiger partial charge is 0.243 e. The lowest BCUT2D eigenvalue weighted by atomic mass is 10.0. The van der Waals surface area contributed by atoms with E-state index in [1.54, 1.807) is 36.5 Å².